The van der Waals surface area contributed by atoms with E-state index < -0.39 is 0 Å². The number of aliphatic hydroxyl groups is 1. The molecule has 6 heteroatoms. The maximum Gasteiger partial charge on any atom is 0.224 e. The fourth-order valence-electron chi connectivity index (χ4n) is 2.82. The summed E-state index contributed by atoms with van der Waals surface area (Å²) < 4.78 is 0. The summed E-state index contributed by atoms with van der Waals surface area (Å²) in [5.41, 5.74) is 1.29. The molecule has 1 unspecified atom stereocenters. The number of hydrogen-bond acceptors (Lipinski definition) is 6. The smallest absolute Gasteiger partial charge is 0.224 e. The lowest BCUT2D eigenvalue weighted by atomic mass is 10.1. The van der Waals surface area contributed by atoms with Crippen LogP contribution in [0.1, 0.15) is 24.8 Å². The van der Waals surface area contributed by atoms with Gasteiger partial charge in [0.25, 0.3) is 0 Å². The third kappa shape index (κ3) is 4.63. The van der Waals surface area contributed by atoms with E-state index >= 15 is 0 Å². The summed E-state index contributed by atoms with van der Waals surface area (Å²) in [6.07, 6.45) is 9.06. The van der Waals surface area contributed by atoms with E-state index in [1.807, 2.05) is 30.6 Å². The molecule has 0 amide bonds. The van der Waals surface area contributed by atoms with Crippen molar-refractivity contribution in [1.82, 2.24) is 15.0 Å². The molecular weight excluding hydrogens is 290 g/mol. The van der Waals surface area contributed by atoms with Crippen molar-refractivity contribution < 1.29 is 5.11 Å². The molecular formula is C17H23N5O. The molecule has 2 N–H and O–H groups in total. The van der Waals surface area contributed by atoms with Gasteiger partial charge < -0.3 is 15.3 Å². The average molecular weight is 313 g/mol. The van der Waals surface area contributed by atoms with Crippen LogP contribution in [0.15, 0.2) is 36.8 Å². The van der Waals surface area contributed by atoms with Crippen LogP contribution in [0.4, 0.5) is 11.8 Å². The SMILES string of the molecule is OC1CCCN(c2ccnc(NCCCc3ccncc3)n2)C1. The van der Waals surface area contributed by atoms with E-state index in [0.717, 1.165) is 44.6 Å². The average Bonchev–Trinajstić information content (AvgIpc) is 2.60. The minimum Gasteiger partial charge on any atom is -0.391 e. The summed E-state index contributed by atoms with van der Waals surface area (Å²) >= 11 is 0. The predicted molar refractivity (Wildman–Crippen MR) is 90.5 cm³/mol. The van der Waals surface area contributed by atoms with Gasteiger partial charge in [-0.2, -0.15) is 4.98 Å². The summed E-state index contributed by atoms with van der Waals surface area (Å²) in [5, 5.41) is 13.1. The number of hydrogen-bond donors (Lipinski definition) is 2. The largest absolute Gasteiger partial charge is 0.391 e. The Bertz CT molecular complexity index is 607. The van der Waals surface area contributed by atoms with E-state index in [2.05, 4.69) is 25.2 Å². The minimum absolute atomic E-state index is 0.254. The van der Waals surface area contributed by atoms with Crippen molar-refractivity contribution in [3.8, 4) is 0 Å². The van der Waals surface area contributed by atoms with Crippen molar-refractivity contribution in [2.75, 3.05) is 29.9 Å². The van der Waals surface area contributed by atoms with Crippen LogP contribution in [0.25, 0.3) is 0 Å². The van der Waals surface area contributed by atoms with Gasteiger partial charge in [-0.1, -0.05) is 0 Å². The fraction of sp³-hybridized carbons (Fsp3) is 0.471. The number of pyridine rings is 1. The van der Waals surface area contributed by atoms with Crippen LogP contribution in [0.3, 0.4) is 0 Å². The van der Waals surface area contributed by atoms with Gasteiger partial charge >= 0.3 is 0 Å². The van der Waals surface area contributed by atoms with E-state index in [9.17, 15) is 5.11 Å². The Morgan fingerprint density at radius 3 is 2.91 bits per heavy atom. The van der Waals surface area contributed by atoms with Gasteiger partial charge in [-0.25, -0.2) is 4.98 Å². The minimum atomic E-state index is -0.254. The lowest BCUT2D eigenvalue weighted by Gasteiger charge is -2.31. The van der Waals surface area contributed by atoms with Crippen molar-refractivity contribution in [3.05, 3.63) is 42.4 Å². The van der Waals surface area contributed by atoms with Crippen LogP contribution in [0.2, 0.25) is 0 Å². The molecule has 2 aromatic rings. The van der Waals surface area contributed by atoms with Crippen molar-refractivity contribution in [1.29, 1.82) is 0 Å². The number of nitrogens with zero attached hydrogens (tertiary/aromatic N) is 4. The van der Waals surface area contributed by atoms with E-state index in [1.165, 1.54) is 5.56 Å². The number of anilines is 2. The van der Waals surface area contributed by atoms with Gasteiger partial charge in [0.1, 0.15) is 5.82 Å². The number of aryl methyl sites for hydroxylation is 1. The van der Waals surface area contributed by atoms with Crippen LogP contribution >= 0.6 is 0 Å². The van der Waals surface area contributed by atoms with Crippen LogP contribution < -0.4 is 10.2 Å². The van der Waals surface area contributed by atoms with Gasteiger partial charge in [0.2, 0.25) is 5.95 Å². The molecule has 1 saturated heterocycles. The van der Waals surface area contributed by atoms with Crippen molar-refractivity contribution >= 4 is 11.8 Å². The van der Waals surface area contributed by atoms with E-state index in [4.69, 9.17) is 0 Å². The first kappa shape index (κ1) is 15.7. The third-order valence-corrected chi connectivity index (χ3v) is 4.04. The molecule has 2 aromatic heterocycles. The normalized spacial score (nSPS) is 18.0. The lowest BCUT2D eigenvalue weighted by Crippen LogP contribution is -2.38. The van der Waals surface area contributed by atoms with Crippen LogP contribution in [-0.2, 0) is 6.42 Å². The summed E-state index contributed by atoms with van der Waals surface area (Å²) in [4.78, 5) is 15.0. The quantitative estimate of drug-likeness (QED) is 0.793. The highest BCUT2D eigenvalue weighted by atomic mass is 16.3. The van der Waals surface area contributed by atoms with E-state index in [0.29, 0.717) is 12.5 Å². The zero-order valence-corrected chi connectivity index (χ0v) is 13.2. The summed E-state index contributed by atoms with van der Waals surface area (Å²) in [6.45, 7) is 2.42. The Balaban J connectivity index is 1.49. The molecule has 1 aliphatic heterocycles. The molecule has 1 atom stereocenters. The first-order chi connectivity index (χ1) is 11.3. The second-order valence-electron chi connectivity index (χ2n) is 5.87. The molecule has 3 rings (SSSR count). The van der Waals surface area contributed by atoms with E-state index in [1.54, 1.807) is 6.20 Å². The van der Waals surface area contributed by atoms with Crippen molar-refractivity contribution in [3.63, 3.8) is 0 Å². The first-order valence-corrected chi connectivity index (χ1v) is 8.20. The van der Waals surface area contributed by atoms with Gasteiger partial charge in [0.15, 0.2) is 0 Å². The molecule has 0 aromatic carbocycles. The molecule has 122 valence electrons. The topological polar surface area (TPSA) is 74.2 Å². The Hall–Kier alpha value is -2.21. The Kier molecular flexibility index (Phi) is 5.37. The number of piperidine rings is 1. The highest BCUT2D eigenvalue weighted by Crippen LogP contribution is 2.18. The highest BCUT2D eigenvalue weighted by Gasteiger charge is 2.19. The second-order valence-corrected chi connectivity index (χ2v) is 5.87. The van der Waals surface area contributed by atoms with E-state index in [-0.39, 0.29) is 6.10 Å². The molecule has 0 bridgehead atoms. The van der Waals surface area contributed by atoms with Gasteiger partial charge in [0, 0.05) is 38.2 Å². The molecule has 6 nitrogen and oxygen atoms in total. The molecule has 23 heavy (non-hydrogen) atoms. The molecule has 0 aliphatic carbocycles. The number of β-amino-alcohol motifs (C(OH)–C–C–N with tert-alkyl or cyclic N) is 1. The lowest BCUT2D eigenvalue weighted by molar-refractivity contribution is 0.154. The van der Waals surface area contributed by atoms with Gasteiger partial charge in [-0.3, -0.25) is 4.98 Å². The molecule has 3 heterocycles. The van der Waals surface area contributed by atoms with Crippen molar-refractivity contribution in [2.45, 2.75) is 31.8 Å². The molecule has 0 radical (unpaired) electrons. The summed E-state index contributed by atoms with van der Waals surface area (Å²) in [5.74, 6) is 1.53. The number of rotatable bonds is 6. The highest BCUT2D eigenvalue weighted by molar-refractivity contribution is 5.43. The van der Waals surface area contributed by atoms with Crippen molar-refractivity contribution in [2.24, 2.45) is 0 Å². The van der Waals surface area contributed by atoms with Gasteiger partial charge in [0.05, 0.1) is 6.10 Å². The van der Waals surface area contributed by atoms with Crippen LogP contribution in [-0.4, -0.2) is 45.8 Å². The third-order valence-electron chi connectivity index (χ3n) is 4.04. The zero-order valence-electron chi connectivity index (χ0n) is 13.2. The number of aliphatic hydroxyl groups excluding tert-OH is 1. The fourth-order valence-corrected chi connectivity index (χ4v) is 2.82. The molecule has 0 saturated carbocycles. The molecule has 1 fully saturated rings. The van der Waals surface area contributed by atoms with Gasteiger partial charge in [-0.05, 0) is 49.4 Å². The van der Waals surface area contributed by atoms with Crippen LogP contribution in [0.5, 0.6) is 0 Å². The zero-order chi connectivity index (χ0) is 15.9. The Morgan fingerprint density at radius 1 is 1.22 bits per heavy atom. The van der Waals surface area contributed by atoms with Gasteiger partial charge in [-0.15, -0.1) is 0 Å². The molecule has 1 aliphatic rings. The first-order valence-electron chi connectivity index (χ1n) is 8.20. The summed E-state index contributed by atoms with van der Waals surface area (Å²) in [6, 6.07) is 5.98. The Labute approximate surface area is 136 Å². The Morgan fingerprint density at radius 2 is 2.09 bits per heavy atom. The maximum absolute atomic E-state index is 9.79. The predicted octanol–water partition coefficient (Wildman–Crippen LogP) is 1.88. The summed E-state index contributed by atoms with van der Waals surface area (Å²) in [7, 11) is 0. The number of nitrogens with one attached hydrogen (secondary N) is 1. The monoisotopic (exact) mass is 313 g/mol. The molecule has 0 spiro atoms. The maximum atomic E-state index is 9.79. The number of aromatic nitrogens is 3. The standard InChI is InChI=1S/C17H23N5O/c23-15-4-2-12-22(13-15)16-7-11-20-17(21-16)19-8-1-3-14-5-9-18-10-6-14/h5-7,9-11,15,23H,1-4,8,12-13H2,(H,19,20,21). The van der Waals surface area contributed by atoms with Crippen LogP contribution in [0, 0.1) is 0 Å². The second kappa shape index (κ2) is 7.87.